The summed E-state index contributed by atoms with van der Waals surface area (Å²) in [6.07, 6.45) is 4.98. The third kappa shape index (κ3) is 5.90. The number of halogens is 1. The summed E-state index contributed by atoms with van der Waals surface area (Å²) in [5.41, 5.74) is 2.47. The van der Waals surface area contributed by atoms with Crippen LogP contribution in [0, 0.1) is 5.82 Å². The van der Waals surface area contributed by atoms with Gasteiger partial charge in [-0.2, -0.15) is 0 Å². The highest BCUT2D eigenvalue weighted by Crippen LogP contribution is 2.16. The normalized spacial score (nSPS) is 11.2. The van der Waals surface area contributed by atoms with Crippen LogP contribution in [0.4, 0.5) is 4.39 Å². The SMILES string of the molecule is O=C(CCNS(=O)(=O)c1cccc(F)c1)NCc1ccnc(-c2cccnc2)c1. The number of nitrogens with one attached hydrogen (secondary N) is 2. The Balaban J connectivity index is 1.49. The summed E-state index contributed by atoms with van der Waals surface area (Å²) in [5.74, 6) is -0.958. The van der Waals surface area contributed by atoms with Gasteiger partial charge in [-0.25, -0.2) is 17.5 Å². The maximum Gasteiger partial charge on any atom is 0.240 e. The number of pyridine rings is 2. The van der Waals surface area contributed by atoms with Gasteiger partial charge in [0.05, 0.1) is 10.6 Å². The third-order valence-electron chi connectivity index (χ3n) is 4.02. The number of rotatable bonds is 8. The van der Waals surface area contributed by atoms with Crippen LogP contribution in [-0.2, 0) is 21.4 Å². The summed E-state index contributed by atoms with van der Waals surface area (Å²) < 4.78 is 39.7. The van der Waals surface area contributed by atoms with E-state index in [0.717, 1.165) is 29.0 Å². The molecule has 0 bridgehead atoms. The summed E-state index contributed by atoms with van der Waals surface area (Å²) in [5, 5.41) is 2.74. The lowest BCUT2D eigenvalue weighted by molar-refractivity contribution is -0.121. The highest BCUT2D eigenvalue weighted by atomic mass is 32.2. The molecule has 2 aromatic heterocycles. The average Bonchev–Trinajstić information content (AvgIpc) is 2.73. The quantitative estimate of drug-likeness (QED) is 0.589. The first-order chi connectivity index (χ1) is 13.9. The molecule has 0 aliphatic heterocycles. The van der Waals surface area contributed by atoms with Gasteiger partial charge in [-0.05, 0) is 48.0 Å². The number of nitrogens with zero attached hydrogens (tertiary/aromatic N) is 2. The van der Waals surface area contributed by atoms with Crippen LogP contribution in [0.1, 0.15) is 12.0 Å². The van der Waals surface area contributed by atoms with E-state index in [4.69, 9.17) is 0 Å². The Morgan fingerprint density at radius 1 is 1.07 bits per heavy atom. The highest BCUT2D eigenvalue weighted by Gasteiger charge is 2.14. The van der Waals surface area contributed by atoms with Crippen molar-refractivity contribution in [1.29, 1.82) is 0 Å². The zero-order valence-corrected chi connectivity index (χ0v) is 16.2. The molecule has 0 atom stereocenters. The molecule has 1 amide bonds. The molecule has 2 N–H and O–H groups in total. The zero-order chi connectivity index (χ0) is 20.7. The molecule has 0 radical (unpaired) electrons. The Kier molecular flexibility index (Phi) is 6.63. The Hall–Kier alpha value is -3.17. The van der Waals surface area contributed by atoms with E-state index in [1.165, 1.54) is 12.1 Å². The van der Waals surface area contributed by atoms with E-state index >= 15 is 0 Å². The van der Waals surface area contributed by atoms with Crippen molar-refractivity contribution in [2.45, 2.75) is 17.9 Å². The summed E-state index contributed by atoms with van der Waals surface area (Å²) in [6, 6.07) is 12.0. The van der Waals surface area contributed by atoms with Crippen molar-refractivity contribution in [3.05, 3.63) is 78.5 Å². The van der Waals surface area contributed by atoms with Crippen LogP contribution in [0.15, 0.2) is 72.0 Å². The van der Waals surface area contributed by atoms with Crippen molar-refractivity contribution in [2.75, 3.05) is 6.54 Å². The van der Waals surface area contributed by atoms with Gasteiger partial charge in [0.15, 0.2) is 0 Å². The second kappa shape index (κ2) is 9.35. The van der Waals surface area contributed by atoms with Gasteiger partial charge >= 0.3 is 0 Å². The maximum absolute atomic E-state index is 13.2. The van der Waals surface area contributed by atoms with Crippen LogP contribution in [0.3, 0.4) is 0 Å². The van der Waals surface area contributed by atoms with Crippen molar-refractivity contribution in [3.8, 4) is 11.3 Å². The fraction of sp³-hybridized carbons (Fsp3) is 0.150. The predicted octanol–water partition coefficient (Wildman–Crippen LogP) is 2.27. The molecule has 150 valence electrons. The van der Waals surface area contributed by atoms with Crippen LogP contribution < -0.4 is 10.0 Å². The smallest absolute Gasteiger partial charge is 0.240 e. The van der Waals surface area contributed by atoms with Crippen molar-refractivity contribution < 1.29 is 17.6 Å². The van der Waals surface area contributed by atoms with Crippen LogP contribution in [0.25, 0.3) is 11.3 Å². The van der Waals surface area contributed by atoms with E-state index < -0.39 is 15.8 Å². The number of hydrogen-bond donors (Lipinski definition) is 2. The molecule has 0 aliphatic carbocycles. The minimum absolute atomic E-state index is 0.0465. The third-order valence-corrected chi connectivity index (χ3v) is 5.48. The summed E-state index contributed by atoms with van der Waals surface area (Å²) in [7, 11) is -3.87. The maximum atomic E-state index is 13.2. The molecule has 0 saturated carbocycles. The van der Waals surface area contributed by atoms with Crippen LogP contribution in [0.2, 0.25) is 0 Å². The molecule has 2 heterocycles. The number of aromatic nitrogens is 2. The van der Waals surface area contributed by atoms with Crippen LogP contribution >= 0.6 is 0 Å². The molecule has 0 saturated heterocycles. The average molecular weight is 414 g/mol. The molecule has 3 rings (SSSR count). The molecular weight excluding hydrogens is 395 g/mol. The van der Waals surface area contributed by atoms with Crippen LogP contribution in [-0.4, -0.2) is 30.8 Å². The standard InChI is InChI=1S/C20H19FN4O3S/c21-17-4-1-5-18(12-17)29(27,28)25-10-7-20(26)24-13-15-6-9-23-19(11-15)16-3-2-8-22-14-16/h1-6,8-9,11-12,14,25H,7,10,13H2,(H,24,26). The van der Waals surface area contributed by atoms with E-state index in [2.05, 4.69) is 20.0 Å². The van der Waals surface area contributed by atoms with Gasteiger partial charge in [-0.1, -0.05) is 6.07 Å². The summed E-state index contributed by atoms with van der Waals surface area (Å²) >= 11 is 0. The summed E-state index contributed by atoms with van der Waals surface area (Å²) in [6.45, 7) is 0.188. The van der Waals surface area contributed by atoms with E-state index in [1.807, 2.05) is 18.2 Å². The van der Waals surface area contributed by atoms with Gasteiger partial charge in [0.2, 0.25) is 15.9 Å². The lowest BCUT2D eigenvalue weighted by Crippen LogP contribution is -2.30. The highest BCUT2D eigenvalue weighted by molar-refractivity contribution is 7.89. The predicted molar refractivity (Wildman–Crippen MR) is 106 cm³/mol. The van der Waals surface area contributed by atoms with E-state index in [1.54, 1.807) is 24.7 Å². The van der Waals surface area contributed by atoms with Gasteiger partial charge in [-0.3, -0.25) is 14.8 Å². The number of sulfonamides is 1. The lowest BCUT2D eigenvalue weighted by atomic mass is 10.1. The second-order valence-corrected chi connectivity index (χ2v) is 7.94. The number of carbonyl (C=O) groups excluding carboxylic acids is 1. The second-order valence-electron chi connectivity index (χ2n) is 6.17. The van der Waals surface area contributed by atoms with Gasteiger partial charge in [0.1, 0.15) is 5.82 Å². The Bertz CT molecular complexity index is 1090. The summed E-state index contributed by atoms with van der Waals surface area (Å²) in [4.78, 5) is 20.2. The number of carbonyl (C=O) groups is 1. The van der Waals surface area contributed by atoms with E-state index in [9.17, 15) is 17.6 Å². The molecule has 9 heteroatoms. The molecule has 7 nitrogen and oxygen atoms in total. The number of hydrogen-bond acceptors (Lipinski definition) is 5. The fourth-order valence-corrected chi connectivity index (χ4v) is 3.62. The molecule has 3 aromatic rings. The first kappa shape index (κ1) is 20.6. The number of benzene rings is 1. The number of amides is 1. The van der Waals surface area contributed by atoms with Crippen molar-refractivity contribution in [2.24, 2.45) is 0 Å². The van der Waals surface area contributed by atoms with Gasteiger partial charge in [0, 0.05) is 43.7 Å². The molecule has 1 aromatic carbocycles. The van der Waals surface area contributed by atoms with Crippen LogP contribution in [0.5, 0.6) is 0 Å². The minimum atomic E-state index is -3.87. The van der Waals surface area contributed by atoms with Crippen molar-refractivity contribution in [1.82, 2.24) is 20.0 Å². The topological polar surface area (TPSA) is 101 Å². The zero-order valence-electron chi connectivity index (χ0n) is 15.4. The van der Waals surface area contributed by atoms with Gasteiger partial charge in [-0.15, -0.1) is 0 Å². The first-order valence-corrected chi connectivity index (χ1v) is 10.3. The van der Waals surface area contributed by atoms with Gasteiger partial charge in [0.25, 0.3) is 0 Å². The van der Waals surface area contributed by atoms with Crippen molar-refractivity contribution in [3.63, 3.8) is 0 Å². The largest absolute Gasteiger partial charge is 0.352 e. The van der Waals surface area contributed by atoms with Gasteiger partial charge < -0.3 is 5.32 Å². The first-order valence-electron chi connectivity index (χ1n) is 8.81. The molecule has 0 spiro atoms. The molecule has 0 unspecified atom stereocenters. The fourth-order valence-electron chi connectivity index (χ4n) is 2.56. The monoisotopic (exact) mass is 414 g/mol. The Morgan fingerprint density at radius 3 is 2.69 bits per heavy atom. The Labute approximate surface area is 168 Å². The molecular formula is C20H19FN4O3S. The lowest BCUT2D eigenvalue weighted by Gasteiger charge is -2.09. The van der Waals surface area contributed by atoms with Crippen molar-refractivity contribution >= 4 is 15.9 Å². The van der Waals surface area contributed by atoms with E-state index in [0.29, 0.717) is 0 Å². The minimum Gasteiger partial charge on any atom is -0.352 e. The molecule has 0 fully saturated rings. The molecule has 0 aliphatic rings. The molecule has 29 heavy (non-hydrogen) atoms. The Morgan fingerprint density at radius 2 is 1.93 bits per heavy atom. The van der Waals surface area contributed by atoms with E-state index in [-0.39, 0.29) is 30.3 Å².